The Labute approximate surface area is 173 Å². The van der Waals surface area contributed by atoms with Gasteiger partial charge in [-0.05, 0) is 62.6 Å². The lowest BCUT2D eigenvalue weighted by molar-refractivity contribution is -0.119. The molecule has 0 spiro atoms. The number of aryl methyl sites for hydroxylation is 5. The zero-order valence-corrected chi connectivity index (χ0v) is 17.5. The fraction of sp³-hybridized carbons (Fsp3) is 0.391. The lowest BCUT2D eigenvalue weighted by Crippen LogP contribution is -2.20. The Morgan fingerprint density at radius 3 is 2.86 bits per heavy atom. The molecule has 0 fully saturated rings. The largest absolute Gasteiger partial charge is 0.308 e. The van der Waals surface area contributed by atoms with Gasteiger partial charge >= 0.3 is 0 Å². The van der Waals surface area contributed by atoms with E-state index >= 15 is 0 Å². The smallest absolute Gasteiger partial charge is 0.259 e. The number of thiophene rings is 1. The molecule has 2 heterocycles. The van der Waals surface area contributed by atoms with Gasteiger partial charge in [-0.25, -0.2) is 4.98 Å². The third kappa shape index (κ3) is 3.75. The first-order valence-corrected chi connectivity index (χ1v) is 10.8. The summed E-state index contributed by atoms with van der Waals surface area (Å²) in [5, 5.41) is 10.3. The molecule has 5 nitrogen and oxygen atoms in total. The summed E-state index contributed by atoms with van der Waals surface area (Å²) in [7, 11) is 0. The summed E-state index contributed by atoms with van der Waals surface area (Å²) in [5.41, 5.74) is 4.30. The normalized spacial score (nSPS) is 14.4. The molecule has 1 unspecified atom stereocenters. The van der Waals surface area contributed by atoms with Crippen LogP contribution < -0.4 is 5.56 Å². The fourth-order valence-corrected chi connectivity index (χ4v) is 5.40. The highest BCUT2D eigenvalue weighted by Crippen LogP contribution is 2.34. The van der Waals surface area contributed by atoms with E-state index in [0.29, 0.717) is 16.6 Å². The van der Waals surface area contributed by atoms with Gasteiger partial charge in [-0.3, -0.25) is 9.59 Å². The molecular weight excluding hydrogens is 382 g/mol. The van der Waals surface area contributed by atoms with E-state index in [9.17, 15) is 14.9 Å². The van der Waals surface area contributed by atoms with Crippen molar-refractivity contribution in [3.8, 4) is 6.07 Å². The molecule has 0 saturated heterocycles. The van der Waals surface area contributed by atoms with E-state index in [0.717, 1.165) is 42.4 Å². The number of Topliss-reactive ketones (excluding diaryl/α,β-unsaturated/α-hetero) is 1. The van der Waals surface area contributed by atoms with Crippen LogP contribution in [0, 0.1) is 25.2 Å². The van der Waals surface area contributed by atoms with Gasteiger partial charge in [-0.1, -0.05) is 23.8 Å². The summed E-state index contributed by atoms with van der Waals surface area (Å²) in [4.78, 5) is 34.6. The number of fused-ring (bicyclic) bond motifs is 3. The first-order valence-electron chi connectivity index (χ1n) is 10.0. The van der Waals surface area contributed by atoms with Crippen LogP contribution >= 0.6 is 11.3 Å². The molecule has 4 rings (SSSR count). The maximum atomic E-state index is 12.8. The van der Waals surface area contributed by atoms with Gasteiger partial charge < -0.3 is 4.98 Å². The van der Waals surface area contributed by atoms with Gasteiger partial charge in [-0.2, -0.15) is 5.26 Å². The molecule has 0 saturated carbocycles. The summed E-state index contributed by atoms with van der Waals surface area (Å²) in [6.45, 7) is 4.06. The molecule has 3 aromatic rings. The number of aromatic nitrogens is 2. The highest BCUT2D eigenvalue weighted by atomic mass is 32.1. The highest BCUT2D eigenvalue weighted by molar-refractivity contribution is 7.18. The number of nitrogens with one attached hydrogen (secondary N) is 1. The van der Waals surface area contributed by atoms with E-state index in [1.54, 1.807) is 0 Å². The molecule has 0 bridgehead atoms. The van der Waals surface area contributed by atoms with Crippen LogP contribution in [0.25, 0.3) is 10.2 Å². The lowest BCUT2D eigenvalue weighted by atomic mass is 9.95. The predicted octanol–water partition coefficient (Wildman–Crippen LogP) is 4.29. The van der Waals surface area contributed by atoms with Crippen LogP contribution in [0.2, 0.25) is 0 Å². The van der Waals surface area contributed by atoms with Crippen molar-refractivity contribution in [1.29, 1.82) is 5.26 Å². The minimum atomic E-state index is -1.04. The number of carbonyl (C=O) groups is 1. The molecule has 1 atom stereocenters. The van der Waals surface area contributed by atoms with Gasteiger partial charge in [0.1, 0.15) is 10.7 Å². The van der Waals surface area contributed by atoms with Crippen molar-refractivity contribution >= 4 is 27.3 Å². The maximum Gasteiger partial charge on any atom is 0.259 e. The van der Waals surface area contributed by atoms with Crippen molar-refractivity contribution in [2.24, 2.45) is 0 Å². The number of rotatable bonds is 5. The summed E-state index contributed by atoms with van der Waals surface area (Å²) < 4.78 is 0. The van der Waals surface area contributed by atoms with Gasteiger partial charge in [0, 0.05) is 11.3 Å². The number of nitriles is 1. The first-order chi connectivity index (χ1) is 14.0. The number of nitrogens with zero attached hydrogens (tertiary/aromatic N) is 2. The summed E-state index contributed by atoms with van der Waals surface area (Å²) in [5.74, 6) is -1.08. The fourth-order valence-electron chi connectivity index (χ4n) is 4.13. The molecule has 1 N–H and O–H groups in total. The zero-order chi connectivity index (χ0) is 20.5. The molecule has 1 aromatic carbocycles. The Hall–Kier alpha value is -2.78. The second-order valence-corrected chi connectivity index (χ2v) is 8.88. The van der Waals surface area contributed by atoms with Crippen molar-refractivity contribution in [3.05, 3.63) is 61.5 Å². The van der Waals surface area contributed by atoms with Crippen LogP contribution in [0.4, 0.5) is 0 Å². The van der Waals surface area contributed by atoms with Crippen molar-refractivity contribution < 1.29 is 4.79 Å². The molecule has 2 aromatic heterocycles. The van der Waals surface area contributed by atoms with E-state index in [1.165, 1.54) is 21.8 Å². The monoisotopic (exact) mass is 405 g/mol. The van der Waals surface area contributed by atoms with E-state index < -0.39 is 5.92 Å². The third-order valence-electron chi connectivity index (χ3n) is 5.71. The quantitative estimate of drug-likeness (QED) is 0.686. The molecule has 6 heteroatoms. The number of ketones is 1. The van der Waals surface area contributed by atoms with Crippen LogP contribution in [-0.2, 0) is 24.1 Å². The number of benzene rings is 1. The van der Waals surface area contributed by atoms with Crippen LogP contribution in [0.5, 0.6) is 0 Å². The Morgan fingerprint density at radius 2 is 2.10 bits per heavy atom. The second kappa shape index (κ2) is 7.92. The van der Waals surface area contributed by atoms with E-state index in [2.05, 4.69) is 22.1 Å². The maximum absolute atomic E-state index is 12.8. The van der Waals surface area contributed by atoms with Crippen LogP contribution in [0.1, 0.15) is 58.1 Å². The highest BCUT2D eigenvalue weighted by Gasteiger charge is 2.26. The molecule has 0 aliphatic heterocycles. The van der Waals surface area contributed by atoms with E-state index in [-0.39, 0.29) is 23.6 Å². The van der Waals surface area contributed by atoms with Crippen molar-refractivity contribution in [3.63, 3.8) is 0 Å². The van der Waals surface area contributed by atoms with Crippen LogP contribution in [-0.4, -0.2) is 15.8 Å². The minimum Gasteiger partial charge on any atom is -0.308 e. The number of H-pyrrole nitrogens is 1. The van der Waals surface area contributed by atoms with Crippen molar-refractivity contribution in [2.75, 3.05) is 0 Å². The summed E-state index contributed by atoms with van der Waals surface area (Å²) in [6, 6.07) is 8.20. The molecule has 29 heavy (non-hydrogen) atoms. The Bertz CT molecular complexity index is 1200. The Morgan fingerprint density at radius 1 is 1.31 bits per heavy atom. The van der Waals surface area contributed by atoms with Gasteiger partial charge in [0.25, 0.3) is 5.56 Å². The summed E-state index contributed by atoms with van der Waals surface area (Å²) in [6.07, 6.45) is 4.89. The molecule has 1 aliphatic carbocycles. The average molecular weight is 406 g/mol. The first kappa shape index (κ1) is 19.5. The second-order valence-electron chi connectivity index (χ2n) is 7.80. The third-order valence-corrected chi connectivity index (χ3v) is 6.89. The molecule has 0 amide bonds. The number of hydrogen-bond donors (Lipinski definition) is 1. The SMILES string of the molecule is Cc1ccc(CCC(=O)C(C#N)c2nc3sc4c(c3c(=O)[nH]2)CCCC4)c(C)c1. The lowest BCUT2D eigenvalue weighted by Gasteiger charge is -2.10. The zero-order valence-electron chi connectivity index (χ0n) is 16.7. The van der Waals surface area contributed by atoms with Crippen molar-refractivity contribution in [1.82, 2.24) is 9.97 Å². The summed E-state index contributed by atoms with van der Waals surface area (Å²) >= 11 is 1.53. The Kier molecular flexibility index (Phi) is 5.33. The molecular formula is C23H23N3O2S. The van der Waals surface area contributed by atoms with E-state index in [4.69, 9.17) is 0 Å². The standard InChI is InChI=1S/C23H23N3O2S/c1-13-7-8-15(14(2)11-13)9-10-18(27)17(12-24)21-25-22(28)20-16-5-3-4-6-19(16)29-23(20)26-21/h7-8,11,17H,3-6,9-10H2,1-2H3,(H,25,26,28). The Balaban J connectivity index is 1.60. The van der Waals surface area contributed by atoms with Gasteiger partial charge in [-0.15, -0.1) is 11.3 Å². The molecule has 148 valence electrons. The molecule has 1 aliphatic rings. The van der Waals surface area contributed by atoms with Crippen LogP contribution in [0.15, 0.2) is 23.0 Å². The van der Waals surface area contributed by atoms with Crippen molar-refractivity contribution in [2.45, 2.75) is 58.3 Å². The molecule has 0 radical (unpaired) electrons. The topological polar surface area (TPSA) is 86.6 Å². The van der Waals surface area contributed by atoms with E-state index in [1.807, 2.05) is 26.0 Å². The van der Waals surface area contributed by atoms with Gasteiger partial charge in [0.2, 0.25) is 0 Å². The van der Waals surface area contributed by atoms with Gasteiger partial charge in [0.05, 0.1) is 11.5 Å². The number of aromatic amines is 1. The van der Waals surface area contributed by atoms with Crippen LogP contribution in [0.3, 0.4) is 0 Å². The predicted molar refractivity (Wildman–Crippen MR) is 114 cm³/mol. The number of carbonyl (C=O) groups excluding carboxylic acids is 1. The van der Waals surface area contributed by atoms with Gasteiger partial charge in [0.15, 0.2) is 11.7 Å². The minimum absolute atomic E-state index is 0.175. The number of hydrogen-bond acceptors (Lipinski definition) is 5. The average Bonchev–Trinajstić information content (AvgIpc) is 3.07.